The van der Waals surface area contributed by atoms with E-state index in [0.29, 0.717) is 0 Å². The molecule has 6 heteroatoms. The van der Waals surface area contributed by atoms with Gasteiger partial charge in [-0.25, -0.2) is 13.2 Å². The maximum atomic E-state index is 12.8. The van der Waals surface area contributed by atoms with E-state index in [-0.39, 0.29) is 19.3 Å². The van der Waals surface area contributed by atoms with E-state index in [1.807, 2.05) is 0 Å². The molecule has 0 aliphatic rings. The van der Waals surface area contributed by atoms with E-state index in [1.165, 1.54) is 0 Å². The highest BCUT2D eigenvalue weighted by atomic mass is 19.2. The lowest BCUT2D eigenvalue weighted by atomic mass is 10.1. The van der Waals surface area contributed by atoms with Crippen LogP contribution in [0.1, 0.15) is 19.3 Å². The maximum Gasteiger partial charge on any atom is 0.186 e. The number of hydrogen-bond donors (Lipinski definition) is 2. The van der Waals surface area contributed by atoms with Crippen LogP contribution in [0.5, 0.6) is 0 Å². The third-order valence-corrected chi connectivity index (χ3v) is 1.80. The molecular formula is C8H14F4O2. The van der Waals surface area contributed by atoms with Gasteiger partial charge in [0.05, 0.1) is 6.67 Å². The van der Waals surface area contributed by atoms with Crippen molar-refractivity contribution in [3.05, 3.63) is 0 Å². The number of rotatable bonds is 7. The van der Waals surface area contributed by atoms with Crippen molar-refractivity contribution < 1.29 is 27.8 Å². The standard InChI is InChI=1S/C8H14F4O2/c9-4-2-1-3-5(10)6(11)7(12)8(13)14/h5-8,13-14H,1-4H2. The zero-order valence-electron chi connectivity index (χ0n) is 7.54. The monoisotopic (exact) mass is 218 g/mol. The molecule has 0 saturated heterocycles. The highest BCUT2D eigenvalue weighted by Crippen LogP contribution is 2.18. The summed E-state index contributed by atoms with van der Waals surface area (Å²) in [7, 11) is 0. The molecule has 0 fully saturated rings. The lowest BCUT2D eigenvalue weighted by Gasteiger charge is -2.18. The third-order valence-electron chi connectivity index (χ3n) is 1.80. The molecule has 0 amide bonds. The minimum absolute atomic E-state index is 0.0891. The average molecular weight is 218 g/mol. The first kappa shape index (κ1) is 13.6. The lowest BCUT2D eigenvalue weighted by Crippen LogP contribution is -2.36. The Hall–Kier alpha value is -0.360. The van der Waals surface area contributed by atoms with E-state index in [2.05, 4.69) is 0 Å². The number of aliphatic hydroxyl groups excluding tert-OH is 1. The predicted octanol–water partition coefficient (Wildman–Crippen LogP) is 1.45. The minimum Gasteiger partial charge on any atom is -0.366 e. The van der Waals surface area contributed by atoms with Crippen LogP contribution >= 0.6 is 0 Å². The number of alkyl halides is 4. The molecule has 2 nitrogen and oxygen atoms in total. The van der Waals surface area contributed by atoms with Crippen molar-refractivity contribution in [3.8, 4) is 0 Å². The highest BCUT2D eigenvalue weighted by Gasteiger charge is 2.33. The van der Waals surface area contributed by atoms with Gasteiger partial charge in [0.25, 0.3) is 0 Å². The largest absolute Gasteiger partial charge is 0.366 e. The van der Waals surface area contributed by atoms with E-state index in [9.17, 15) is 17.6 Å². The van der Waals surface area contributed by atoms with Crippen LogP contribution in [0.4, 0.5) is 17.6 Å². The SMILES string of the molecule is OC(O)C(F)C(F)C(F)CCCCF. The normalized spacial score (nSPS) is 18.2. The summed E-state index contributed by atoms with van der Waals surface area (Å²) in [6.07, 6.45) is -10.0. The number of hydrogen-bond acceptors (Lipinski definition) is 2. The van der Waals surface area contributed by atoms with Crippen LogP contribution < -0.4 is 0 Å². The molecular weight excluding hydrogens is 204 g/mol. The zero-order valence-corrected chi connectivity index (χ0v) is 7.54. The molecule has 0 radical (unpaired) electrons. The van der Waals surface area contributed by atoms with Crippen molar-refractivity contribution in [1.29, 1.82) is 0 Å². The molecule has 2 N–H and O–H groups in total. The fraction of sp³-hybridized carbons (Fsp3) is 1.00. The van der Waals surface area contributed by atoms with Gasteiger partial charge in [0, 0.05) is 0 Å². The molecule has 0 aromatic heterocycles. The molecule has 0 rings (SSSR count). The van der Waals surface area contributed by atoms with Crippen LogP contribution in [0.25, 0.3) is 0 Å². The summed E-state index contributed by atoms with van der Waals surface area (Å²) in [6.45, 7) is -0.634. The Bertz CT molecular complexity index is 145. The van der Waals surface area contributed by atoms with Crippen molar-refractivity contribution in [3.63, 3.8) is 0 Å². The molecule has 3 unspecified atom stereocenters. The van der Waals surface area contributed by atoms with Crippen molar-refractivity contribution in [2.24, 2.45) is 0 Å². The van der Waals surface area contributed by atoms with E-state index >= 15 is 0 Å². The summed E-state index contributed by atoms with van der Waals surface area (Å²) in [4.78, 5) is 0. The van der Waals surface area contributed by atoms with Crippen LogP contribution in [0.15, 0.2) is 0 Å². The molecule has 0 spiro atoms. The highest BCUT2D eigenvalue weighted by molar-refractivity contribution is 4.77. The van der Waals surface area contributed by atoms with Gasteiger partial charge in [-0.3, -0.25) is 4.39 Å². The Balaban J connectivity index is 3.80. The van der Waals surface area contributed by atoms with E-state index in [4.69, 9.17) is 10.2 Å². The second-order valence-electron chi connectivity index (χ2n) is 3.00. The van der Waals surface area contributed by atoms with E-state index in [0.717, 1.165) is 0 Å². The summed E-state index contributed by atoms with van der Waals surface area (Å²) in [6, 6.07) is 0. The first-order valence-corrected chi connectivity index (χ1v) is 4.35. The fourth-order valence-corrected chi connectivity index (χ4v) is 0.957. The van der Waals surface area contributed by atoms with Crippen molar-refractivity contribution >= 4 is 0 Å². The lowest BCUT2D eigenvalue weighted by molar-refractivity contribution is -0.124. The molecule has 86 valence electrons. The molecule has 0 aliphatic heterocycles. The van der Waals surface area contributed by atoms with E-state index in [1.54, 1.807) is 0 Å². The van der Waals surface area contributed by atoms with Crippen LogP contribution in [0.2, 0.25) is 0 Å². The number of unbranched alkanes of at least 4 members (excludes halogenated alkanes) is 1. The van der Waals surface area contributed by atoms with Gasteiger partial charge in [-0.05, 0) is 19.3 Å². The minimum atomic E-state index is -2.66. The van der Waals surface area contributed by atoms with Crippen LogP contribution in [0, 0.1) is 0 Å². The molecule has 0 aromatic rings. The van der Waals surface area contributed by atoms with Gasteiger partial charge in [-0.1, -0.05) is 0 Å². The Morgan fingerprint density at radius 1 is 0.929 bits per heavy atom. The van der Waals surface area contributed by atoms with Crippen molar-refractivity contribution in [2.75, 3.05) is 6.67 Å². The molecule has 0 heterocycles. The van der Waals surface area contributed by atoms with Gasteiger partial charge in [-0.15, -0.1) is 0 Å². The van der Waals surface area contributed by atoms with Gasteiger partial charge in [-0.2, -0.15) is 0 Å². The first-order chi connectivity index (χ1) is 6.50. The molecule has 0 saturated carbocycles. The van der Waals surface area contributed by atoms with Gasteiger partial charge in [0.15, 0.2) is 18.6 Å². The Morgan fingerprint density at radius 2 is 1.50 bits per heavy atom. The molecule has 0 aromatic carbocycles. The van der Waals surface area contributed by atoms with E-state index < -0.39 is 31.5 Å². The smallest absolute Gasteiger partial charge is 0.186 e. The second kappa shape index (κ2) is 7.00. The summed E-state index contributed by atoms with van der Waals surface area (Å²) >= 11 is 0. The first-order valence-electron chi connectivity index (χ1n) is 4.35. The predicted molar refractivity (Wildman–Crippen MR) is 42.7 cm³/mol. The van der Waals surface area contributed by atoms with Crippen LogP contribution in [-0.2, 0) is 0 Å². The van der Waals surface area contributed by atoms with Crippen molar-refractivity contribution in [1.82, 2.24) is 0 Å². The van der Waals surface area contributed by atoms with Gasteiger partial charge in [0.1, 0.15) is 6.17 Å². The quantitative estimate of drug-likeness (QED) is 0.386. The van der Waals surface area contributed by atoms with Crippen LogP contribution in [-0.4, -0.2) is 41.7 Å². The fourth-order valence-electron chi connectivity index (χ4n) is 0.957. The Morgan fingerprint density at radius 3 is 1.93 bits per heavy atom. The topological polar surface area (TPSA) is 40.5 Å². The Labute approximate surface area is 79.5 Å². The third kappa shape index (κ3) is 4.76. The van der Waals surface area contributed by atoms with Gasteiger partial charge in [0.2, 0.25) is 0 Å². The number of halogens is 4. The molecule has 14 heavy (non-hydrogen) atoms. The average Bonchev–Trinajstić information content (AvgIpc) is 2.15. The van der Waals surface area contributed by atoms with Gasteiger partial charge < -0.3 is 10.2 Å². The number of aliphatic hydroxyl groups is 2. The summed E-state index contributed by atoms with van der Waals surface area (Å²) in [5, 5.41) is 16.5. The summed E-state index contributed by atoms with van der Waals surface area (Å²) < 4.78 is 49.5. The second-order valence-corrected chi connectivity index (χ2v) is 3.00. The maximum absolute atomic E-state index is 12.8. The summed E-state index contributed by atoms with van der Waals surface area (Å²) in [5.74, 6) is 0. The zero-order chi connectivity index (χ0) is 11.1. The van der Waals surface area contributed by atoms with Gasteiger partial charge >= 0.3 is 0 Å². The molecule has 3 atom stereocenters. The van der Waals surface area contributed by atoms with Crippen molar-refractivity contribution in [2.45, 2.75) is 44.1 Å². The molecule has 0 aliphatic carbocycles. The molecule has 0 bridgehead atoms. The Kier molecular flexibility index (Phi) is 6.82. The van der Waals surface area contributed by atoms with Crippen LogP contribution in [0.3, 0.4) is 0 Å². The summed E-state index contributed by atoms with van der Waals surface area (Å²) in [5.41, 5.74) is 0.